The molecule has 0 bridgehead atoms. The van der Waals surface area contributed by atoms with Crippen LogP contribution in [0, 0.1) is 5.92 Å². The maximum Gasteiger partial charge on any atom is 0.292 e. The van der Waals surface area contributed by atoms with Gasteiger partial charge in [0.25, 0.3) is 6.92 Å². The van der Waals surface area contributed by atoms with Crippen LogP contribution in [0.15, 0.2) is 0 Å². The molecule has 0 N–H and O–H groups in total. The van der Waals surface area contributed by atoms with Crippen molar-refractivity contribution in [3.63, 3.8) is 0 Å². The number of rotatable bonds is 1. The molecule has 60 valence electrons. The Morgan fingerprint density at radius 3 is 2.20 bits per heavy atom. The van der Waals surface area contributed by atoms with Gasteiger partial charge in [-0.1, -0.05) is 27.2 Å². The Morgan fingerprint density at radius 1 is 1.40 bits per heavy atom. The summed E-state index contributed by atoms with van der Waals surface area (Å²) >= 11 is 0. The van der Waals surface area contributed by atoms with Crippen LogP contribution in [0.5, 0.6) is 0 Å². The fourth-order valence-electron chi connectivity index (χ4n) is 1.37. The lowest BCUT2D eigenvalue weighted by Gasteiger charge is -1.99. The van der Waals surface area contributed by atoms with Gasteiger partial charge < -0.3 is 4.65 Å². The molecule has 0 saturated carbocycles. The Labute approximate surface area is 65.3 Å². The largest absolute Gasteiger partial charge is 0.438 e. The molecule has 1 saturated heterocycles. The third-order valence-electron chi connectivity index (χ3n) is 1.98. The van der Waals surface area contributed by atoms with Gasteiger partial charge in [-0.2, -0.15) is 0 Å². The molecule has 1 atom stereocenters. The minimum atomic E-state index is 0.574. The average molecular weight is 142 g/mol. The van der Waals surface area contributed by atoms with Gasteiger partial charge >= 0.3 is 0 Å². The van der Waals surface area contributed by atoms with Crippen LogP contribution in [0.25, 0.3) is 0 Å². The lowest BCUT2D eigenvalue weighted by atomic mass is 9.66. The van der Waals surface area contributed by atoms with Gasteiger partial charge in [-0.15, -0.1) is 0 Å². The Morgan fingerprint density at radius 2 is 2.00 bits per heavy atom. The Bertz CT molecular complexity index is 75.7. The maximum atomic E-state index is 5.18. The summed E-state index contributed by atoms with van der Waals surface area (Å²) in [5.41, 5.74) is 0. The molecule has 1 unspecified atom stereocenters. The molecular formula is C8H19BO. The standard InChI is InChI=1S/C6H13BO.C2H6/c1-6-3-4-7(5-6)8-2;1-2/h6H,3-5H2,1-2H3;1-2H3. The summed E-state index contributed by atoms with van der Waals surface area (Å²) < 4.78 is 5.18. The molecule has 0 radical (unpaired) electrons. The lowest BCUT2D eigenvalue weighted by Crippen LogP contribution is -2.08. The van der Waals surface area contributed by atoms with E-state index in [1.54, 1.807) is 0 Å². The van der Waals surface area contributed by atoms with Crippen molar-refractivity contribution < 1.29 is 4.65 Å². The molecule has 0 aromatic rings. The van der Waals surface area contributed by atoms with Crippen LogP contribution in [0.1, 0.15) is 27.2 Å². The highest BCUT2D eigenvalue weighted by molar-refractivity contribution is 6.52. The molecule has 0 amide bonds. The van der Waals surface area contributed by atoms with Gasteiger partial charge in [0.1, 0.15) is 0 Å². The van der Waals surface area contributed by atoms with Crippen molar-refractivity contribution in [1.29, 1.82) is 0 Å². The van der Waals surface area contributed by atoms with E-state index in [1.807, 2.05) is 21.0 Å². The van der Waals surface area contributed by atoms with E-state index in [4.69, 9.17) is 4.65 Å². The van der Waals surface area contributed by atoms with Gasteiger partial charge in [0.2, 0.25) is 0 Å². The topological polar surface area (TPSA) is 9.23 Å². The molecule has 1 nitrogen and oxygen atoms in total. The number of hydrogen-bond acceptors (Lipinski definition) is 1. The summed E-state index contributed by atoms with van der Waals surface area (Å²) in [6, 6.07) is 0. The second-order valence-electron chi connectivity index (χ2n) is 2.78. The summed E-state index contributed by atoms with van der Waals surface area (Å²) in [6.45, 7) is 6.86. The molecule has 0 aliphatic carbocycles. The Hall–Kier alpha value is 0.0249. The SMILES string of the molecule is CC.COB1CCC(C)C1. The van der Waals surface area contributed by atoms with E-state index in [0.717, 1.165) is 5.92 Å². The first-order valence-corrected chi connectivity index (χ1v) is 4.35. The van der Waals surface area contributed by atoms with E-state index >= 15 is 0 Å². The molecule has 0 spiro atoms. The Balaban J connectivity index is 0.000000371. The molecule has 2 heteroatoms. The highest BCUT2D eigenvalue weighted by Gasteiger charge is 2.24. The molecular weight excluding hydrogens is 123 g/mol. The van der Waals surface area contributed by atoms with Crippen LogP contribution in [0.3, 0.4) is 0 Å². The van der Waals surface area contributed by atoms with Gasteiger partial charge in [-0.25, -0.2) is 0 Å². The van der Waals surface area contributed by atoms with Crippen LogP contribution in [-0.4, -0.2) is 14.0 Å². The first kappa shape index (κ1) is 10.0. The first-order valence-electron chi connectivity index (χ1n) is 4.35. The fraction of sp³-hybridized carbons (Fsp3) is 1.00. The lowest BCUT2D eigenvalue weighted by molar-refractivity contribution is 0.422. The van der Waals surface area contributed by atoms with Crippen LogP contribution >= 0.6 is 0 Å². The molecule has 1 fully saturated rings. The predicted octanol–water partition coefficient (Wildman–Crippen LogP) is 2.69. The second-order valence-corrected chi connectivity index (χ2v) is 2.78. The molecule has 0 aromatic heterocycles. The van der Waals surface area contributed by atoms with Gasteiger partial charge in [-0.3, -0.25) is 0 Å². The highest BCUT2D eigenvalue weighted by Crippen LogP contribution is 2.25. The summed E-state index contributed by atoms with van der Waals surface area (Å²) in [5, 5.41) is 0. The quantitative estimate of drug-likeness (QED) is 0.511. The monoisotopic (exact) mass is 142 g/mol. The van der Waals surface area contributed by atoms with E-state index in [1.165, 1.54) is 19.1 Å². The van der Waals surface area contributed by atoms with E-state index < -0.39 is 0 Å². The van der Waals surface area contributed by atoms with Crippen LogP contribution in [0.2, 0.25) is 12.6 Å². The highest BCUT2D eigenvalue weighted by atomic mass is 16.4. The zero-order valence-electron chi connectivity index (χ0n) is 7.68. The van der Waals surface area contributed by atoms with Crippen molar-refractivity contribution >= 4 is 6.92 Å². The molecule has 0 aromatic carbocycles. The van der Waals surface area contributed by atoms with Gasteiger partial charge in [0, 0.05) is 7.11 Å². The van der Waals surface area contributed by atoms with Gasteiger partial charge in [0.05, 0.1) is 0 Å². The summed E-state index contributed by atoms with van der Waals surface area (Å²) in [6.07, 6.45) is 3.91. The van der Waals surface area contributed by atoms with Gasteiger partial charge in [0.15, 0.2) is 0 Å². The van der Waals surface area contributed by atoms with E-state index in [2.05, 4.69) is 6.92 Å². The van der Waals surface area contributed by atoms with Crippen molar-refractivity contribution in [3.05, 3.63) is 0 Å². The van der Waals surface area contributed by atoms with Crippen molar-refractivity contribution in [2.45, 2.75) is 39.8 Å². The molecule has 1 heterocycles. The van der Waals surface area contributed by atoms with Crippen molar-refractivity contribution in [2.24, 2.45) is 5.92 Å². The smallest absolute Gasteiger partial charge is 0.292 e. The normalized spacial score (nSPS) is 24.0. The zero-order chi connectivity index (χ0) is 7.98. The van der Waals surface area contributed by atoms with Crippen molar-refractivity contribution in [3.8, 4) is 0 Å². The predicted molar refractivity (Wildman–Crippen MR) is 47.5 cm³/mol. The third-order valence-corrected chi connectivity index (χ3v) is 1.98. The molecule has 10 heavy (non-hydrogen) atoms. The van der Waals surface area contributed by atoms with E-state index in [-0.39, 0.29) is 0 Å². The Kier molecular flexibility index (Phi) is 5.80. The van der Waals surface area contributed by atoms with E-state index in [0.29, 0.717) is 6.92 Å². The first-order chi connectivity index (χ1) is 4.83. The summed E-state index contributed by atoms with van der Waals surface area (Å²) in [4.78, 5) is 0. The zero-order valence-corrected chi connectivity index (χ0v) is 7.68. The third kappa shape index (κ3) is 3.26. The average Bonchev–Trinajstić information content (AvgIpc) is 2.40. The molecule has 1 aliphatic rings. The van der Waals surface area contributed by atoms with Crippen LogP contribution in [0.4, 0.5) is 0 Å². The van der Waals surface area contributed by atoms with Crippen LogP contribution < -0.4 is 0 Å². The van der Waals surface area contributed by atoms with Gasteiger partial charge in [-0.05, 0) is 18.6 Å². The van der Waals surface area contributed by atoms with Crippen molar-refractivity contribution in [2.75, 3.05) is 7.11 Å². The fourth-order valence-corrected chi connectivity index (χ4v) is 1.37. The van der Waals surface area contributed by atoms with E-state index in [9.17, 15) is 0 Å². The molecule has 1 rings (SSSR count). The maximum absolute atomic E-state index is 5.18. The summed E-state index contributed by atoms with van der Waals surface area (Å²) in [7, 11) is 1.81. The number of hydrogen-bond donors (Lipinski definition) is 0. The minimum Gasteiger partial charge on any atom is -0.438 e. The minimum absolute atomic E-state index is 0.574. The second kappa shape index (κ2) is 5.78. The molecule has 1 aliphatic heterocycles. The van der Waals surface area contributed by atoms with Crippen LogP contribution in [-0.2, 0) is 4.65 Å². The van der Waals surface area contributed by atoms with Crippen molar-refractivity contribution in [1.82, 2.24) is 0 Å². The summed E-state index contributed by atoms with van der Waals surface area (Å²) in [5.74, 6) is 0.903.